The summed E-state index contributed by atoms with van der Waals surface area (Å²) in [7, 11) is 0. The van der Waals surface area contributed by atoms with Gasteiger partial charge in [0.25, 0.3) is 11.6 Å². The zero-order valence-electron chi connectivity index (χ0n) is 12.4. The third-order valence-corrected chi connectivity index (χ3v) is 3.79. The fourth-order valence-electron chi connectivity index (χ4n) is 1.98. The molecule has 2 N–H and O–H groups in total. The maximum atomic E-state index is 12.2. The van der Waals surface area contributed by atoms with Crippen LogP contribution in [0.3, 0.4) is 0 Å². The highest BCUT2D eigenvalue weighted by molar-refractivity contribution is 7.98. The lowest BCUT2D eigenvalue weighted by atomic mass is 10.0. The van der Waals surface area contributed by atoms with Crippen LogP contribution in [-0.4, -0.2) is 34.3 Å². The molecule has 0 bridgehead atoms. The van der Waals surface area contributed by atoms with E-state index in [-0.39, 0.29) is 17.8 Å². The van der Waals surface area contributed by atoms with Crippen LogP contribution >= 0.6 is 11.8 Å². The lowest BCUT2D eigenvalue weighted by molar-refractivity contribution is -0.385. The maximum absolute atomic E-state index is 12.2. The van der Waals surface area contributed by atoms with E-state index < -0.39 is 16.4 Å². The van der Waals surface area contributed by atoms with Crippen molar-refractivity contribution in [2.75, 3.05) is 12.8 Å². The molecule has 1 aromatic rings. The zero-order valence-corrected chi connectivity index (χ0v) is 13.2. The number of hydrogen-bond donors (Lipinski definition) is 2. The Kier molecular flexibility index (Phi) is 6.17. The normalized spacial score (nSPS) is 13.5. The standard InChI is InChI=1S/C14H20N2O4S/c1-4-7-14(2,18)9-15-13(17)11-8-10(21-3)5-6-12(11)16(19)20/h5-6,8,18H,4,7,9H2,1-3H3,(H,15,17). The average Bonchev–Trinajstić information content (AvgIpc) is 2.44. The molecule has 1 atom stereocenters. The summed E-state index contributed by atoms with van der Waals surface area (Å²) in [5.41, 5.74) is -1.24. The van der Waals surface area contributed by atoms with E-state index in [4.69, 9.17) is 0 Å². The Morgan fingerprint density at radius 3 is 2.71 bits per heavy atom. The van der Waals surface area contributed by atoms with Crippen LogP contribution in [0.5, 0.6) is 0 Å². The molecule has 6 nitrogen and oxygen atoms in total. The van der Waals surface area contributed by atoms with E-state index in [1.807, 2.05) is 13.2 Å². The van der Waals surface area contributed by atoms with Gasteiger partial charge < -0.3 is 10.4 Å². The van der Waals surface area contributed by atoms with Gasteiger partial charge in [-0.05, 0) is 31.7 Å². The number of nitrogens with one attached hydrogen (secondary N) is 1. The summed E-state index contributed by atoms with van der Waals surface area (Å²) in [6.07, 6.45) is 3.15. The average molecular weight is 312 g/mol. The minimum atomic E-state index is -1.02. The quantitative estimate of drug-likeness (QED) is 0.458. The van der Waals surface area contributed by atoms with Gasteiger partial charge in [0, 0.05) is 17.5 Å². The van der Waals surface area contributed by atoms with Crippen molar-refractivity contribution in [1.82, 2.24) is 5.32 Å². The fraction of sp³-hybridized carbons (Fsp3) is 0.500. The smallest absolute Gasteiger partial charge is 0.282 e. The highest BCUT2D eigenvalue weighted by Crippen LogP contribution is 2.24. The second-order valence-electron chi connectivity index (χ2n) is 5.07. The molecule has 21 heavy (non-hydrogen) atoms. The summed E-state index contributed by atoms with van der Waals surface area (Å²) in [6.45, 7) is 3.62. The molecule has 1 rings (SSSR count). The minimum absolute atomic E-state index is 0.0131. The van der Waals surface area contributed by atoms with Gasteiger partial charge >= 0.3 is 0 Å². The number of rotatable bonds is 7. The van der Waals surface area contributed by atoms with E-state index in [1.165, 1.54) is 23.9 Å². The molecule has 0 saturated carbocycles. The molecule has 7 heteroatoms. The first-order valence-electron chi connectivity index (χ1n) is 6.63. The molecule has 0 spiro atoms. The lowest BCUT2D eigenvalue weighted by Crippen LogP contribution is -2.40. The summed E-state index contributed by atoms with van der Waals surface area (Å²) >= 11 is 1.40. The second-order valence-corrected chi connectivity index (χ2v) is 5.95. The SMILES string of the molecule is CCCC(C)(O)CNC(=O)c1cc(SC)ccc1[N+](=O)[O-]. The van der Waals surface area contributed by atoms with Crippen LogP contribution in [0.4, 0.5) is 5.69 Å². The summed E-state index contributed by atoms with van der Waals surface area (Å²) < 4.78 is 0. The minimum Gasteiger partial charge on any atom is -0.388 e. The molecule has 0 heterocycles. The van der Waals surface area contributed by atoms with E-state index in [1.54, 1.807) is 13.0 Å². The molecule has 1 amide bonds. The molecular weight excluding hydrogens is 292 g/mol. The molecule has 1 aromatic carbocycles. The van der Waals surface area contributed by atoms with Gasteiger partial charge in [0.15, 0.2) is 0 Å². The number of aliphatic hydroxyl groups is 1. The number of nitro benzene ring substituents is 1. The molecule has 0 radical (unpaired) electrons. The van der Waals surface area contributed by atoms with E-state index in [0.717, 1.165) is 11.3 Å². The Hall–Kier alpha value is -1.60. The summed E-state index contributed by atoms with van der Waals surface area (Å²) in [6, 6.07) is 4.42. The van der Waals surface area contributed by atoms with E-state index in [9.17, 15) is 20.0 Å². The highest BCUT2D eigenvalue weighted by Gasteiger charge is 2.24. The maximum Gasteiger partial charge on any atom is 0.282 e. The Bertz CT molecular complexity index is 532. The Balaban J connectivity index is 2.93. The first-order chi connectivity index (χ1) is 9.80. The van der Waals surface area contributed by atoms with Crippen LogP contribution < -0.4 is 5.32 Å². The van der Waals surface area contributed by atoms with Crippen LogP contribution in [-0.2, 0) is 0 Å². The topological polar surface area (TPSA) is 92.5 Å². The molecule has 0 saturated heterocycles. The second kappa shape index (κ2) is 7.42. The van der Waals surface area contributed by atoms with Gasteiger partial charge in [0.1, 0.15) is 5.56 Å². The van der Waals surface area contributed by atoms with Gasteiger partial charge in [-0.3, -0.25) is 14.9 Å². The van der Waals surface area contributed by atoms with E-state index in [0.29, 0.717) is 6.42 Å². The zero-order chi connectivity index (χ0) is 16.0. The van der Waals surface area contributed by atoms with Crippen LogP contribution in [0.1, 0.15) is 37.0 Å². The highest BCUT2D eigenvalue weighted by atomic mass is 32.2. The van der Waals surface area contributed by atoms with Crippen molar-refractivity contribution in [3.8, 4) is 0 Å². The number of carbonyl (C=O) groups excluding carboxylic acids is 1. The number of amides is 1. The molecule has 0 fully saturated rings. The van der Waals surface area contributed by atoms with E-state index >= 15 is 0 Å². The van der Waals surface area contributed by atoms with Crippen molar-refractivity contribution in [3.63, 3.8) is 0 Å². The van der Waals surface area contributed by atoms with E-state index in [2.05, 4.69) is 5.32 Å². The largest absolute Gasteiger partial charge is 0.388 e. The van der Waals surface area contributed by atoms with Gasteiger partial charge in [-0.25, -0.2) is 0 Å². The van der Waals surface area contributed by atoms with Crippen LogP contribution in [0.2, 0.25) is 0 Å². The molecule has 116 valence electrons. The summed E-state index contributed by atoms with van der Waals surface area (Å²) in [4.78, 5) is 23.3. The first-order valence-corrected chi connectivity index (χ1v) is 7.86. The Labute approximate surface area is 128 Å². The molecule has 1 unspecified atom stereocenters. The Morgan fingerprint density at radius 1 is 1.52 bits per heavy atom. The third kappa shape index (κ3) is 5.02. The van der Waals surface area contributed by atoms with Crippen molar-refractivity contribution >= 4 is 23.4 Å². The van der Waals surface area contributed by atoms with Crippen molar-refractivity contribution < 1.29 is 14.8 Å². The molecular formula is C14H20N2O4S. The predicted molar refractivity (Wildman–Crippen MR) is 82.7 cm³/mol. The van der Waals surface area contributed by atoms with Crippen molar-refractivity contribution in [3.05, 3.63) is 33.9 Å². The van der Waals surface area contributed by atoms with Crippen LogP contribution in [0, 0.1) is 10.1 Å². The number of benzene rings is 1. The van der Waals surface area contributed by atoms with Gasteiger partial charge in [-0.15, -0.1) is 11.8 Å². The Morgan fingerprint density at radius 2 is 2.19 bits per heavy atom. The van der Waals surface area contributed by atoms with Crippen LogP contribution in [0.15, 0.2) is 23.1 Å². The predicted octanol–water partition coefficient (Wildman–Crippen LogP) is 2.60. The van der Waals surface area contributed by atoms with Crippen LogP contribution in [0.25, 0.3) is 0 Å². The number of nitro groups is 1. The van der Waals surface area contributed by atoms with Crippen molar-refractivity contribution in [1.29, 1.82) is 0 Å². The van der Waals surface area contributed by atoms with Gasteiger partial charge in [-0.1, -0.05) is 13.3 Å². The molecule has 0 aromatic heterocycles. The third-order valence-electron chi connectivity index (χ3n) is 3.06. The number of hydrogen-bond acceptors (Lipinski definition) is 5. The number of nitrogens with zero attached hydrogens (tertiary/aromatic N) is 1. The monoisotopic (exact) mass is 312 g/mol. The lowest BCUT2D eigenvalue weighted by Gasteiger charge is -2.22. The molecule has 0 aliphatic carbocycles. The van der Waals surface area contributed by atoms with Gasteiger partial charge in [-0.2, -0.15) is 0 Å². The molecule has 0 aliphatic heterocycles. The van der Waals surface area contributed by atoms with Crippen molar-refractivity contribution in [2.45, 2.75) is 37.2 Å². The summed E-state index contributed by atoms with van der Waals surface area (Å²) in [5, 5.41) is 23.6. The number of thioether (sulfide) groups is 1. The number of carbonyl (C=O) groups is 1. The summed E-state index contributed by atoms with van der Waals surface area (Å²) in [5.74, 6) is -0.547. The van der Waals surface area contributed by atoms with Gasteiger partial charge in [0.2, 0.25) is 0 Å². The van der Waals surface area contributed by atoms with Gasteiger partial charge in [0.05, 0.1) is 10.5 Å². The molecule has 0 aliphatic rings. The first kappa shape index (κ1) is 17.5. The fourth-order valence-corrected chi connectivity index (χ4v) is 2.42. The van der Waals surface area contributed by atoms with Crippen molar-refractivity contribution in [2.24, 2.45) is 0 Å².